The average Bonchev–Trinajstić information content (AvgIpc) is 2.47. The maximum atomic E-state index is 12.6. The van der Waals surface area contributed by atoms with E-state index in [2.05, 4.69) is 30.4 Å². The van der Waals surface area contributed by atoms with Crippen LogP contribution in [0.3, 0.4) is 0 Å². The molecule has 122 valence electrons. The third-order valence-corrected chi connectivity index (χ3v) is 4.45. The minimum absolute atomic E-state index is 0.0488. The van der Waals surface area contributed by atoms with E-state index in [0.717, 1.165) is 12.8 Å². The normalized spacial score (nSPS) is 22.1. The molecule has 2 amide bonds. The maximum absolute atomic E-state index is 12.6. The Hall–Kier alpha value is -1.55. The van der Waals surface area contributed by atoms with E-state index >= 15 is 0 Å². The molecule has 1 aliphatic carbocycles. The van der Waals surface area contributed by atoms with E-state index in [1.807, 2.05) is 19.9 Å². The van der Waals surface area contributed by atoms with E-state index in [0.29, 0.717) is 12.5 Å². The highest BCUT2D eigenvalue weighted by Gasteiger charge is 2.29. The molecule has 3 atom stereocenters. The number of amides is 2. The summed E-state index contributed by atoms with van der Waals surface area (Å²) in [7, 11) is 0. The summed E-state index contributed by atoms with van der Waals surface area (Å²) in [5, 5.41) is 12.8. The summed E-state index contributed by atoms with van der Waals surface area (Å²) in [4.78, 5) is 14.4. The van der Waals surface area contributed by atoms with Gasteiger partial charge in [0, 0.05) is 12.6 Å². The van der Waals surface area contributed by atoms with E-state index in [4.69, 9.17) is 0 Å². The number of fused-ring (bicyclic) bond motifs is 1. The van der Waals surface area contributed by atoms with Crippen molar-refractivity contribution in [1.82, 2.24) is 10.2 Å². The summed E-state index contributed by atoms with van der Waals surface area (Å²) in [5.74, 6) is 0.416. The Labute approximate surface area is 133 Å². The number of rotatable bonds is 4. The van der Waals surface area contributed by atoms with Crippen molar-refractivity contribution in [3.63, 3.8) is 0 Å². The Kier molecular flexibility index (Phi) is 5.46. The van der Waals surface area contributed by atoms with Gasteiger partial charge in [-0.1, -0.05) is 31.2 Å². The predicted octanol–water partition coefficient (Wildman–Crippen LogP) is 3.11. The molecule has 4 nitrogen and oxygen atoms in total. The van der Waals surface area contributed by atoms with Gasteiger partial charge >= 0.3 is 6.03 Å². The van der Waals surface area contributed by atoms with Crippen molar-refractivity contribution in [3.8, 4) is 0 Å². The van der Waals surface area contributed by atoms with E-state index in [1.165, 1.54) is 11.1 Å². The lowest BCUT2D eigenvalue weighted by Gasteiger charge is -2.35. The molecular formula is C18H28N2O2. The lowest BCUT2D eigenvalue weighted by Crippen LogP contribution is -2.49. The molecule has 2 N–H and O–H groups in total. The topological polar surface area (TPSA) is 52.6 Å². The summed E-state index contributed by atoms with van der Waals surface area (Å²) in [6.07, 6.45) is 1.63. The van der Waals surface area contributed by atoms with Crippen molar-refractivity contribution >= 4 is 6.03 Å². The van der Waals surface area contributed by atoms with Gasteiger partial charge in [0.05, 0.1) is 12.1 Å². The Morgan fingerprint density at radius 2 is 2.05 bits per heavy atom. The molecule has 0 bridgehead atoms. The summed E-state index contributed by atoms with van der Waals surface area (Å²) in [6, 6.07) is 8.37. The van der Waals surface area contributed by atoms with Gasteiger partial charge in [-0.15, -0.1) is 0 Å². The molecule has 0 saturated heterocycles. The maximum Gasteiger partial charge on any atom is 0.318 e. The van der Waals surface area contributed by atoms with Crippen molar-refractivity contribution in [2.24, 2.45) is 5.92 Å². The number of nitrogens with one attached hydrogen (secondary N) is 1. The van der Waals surface area contributed by atoms with Gasteiger partial charge in [-0.2, -0.15) is 0 Å². The van der Waals surface area contributed by atoms with Crippen LogP contribution in [0.5, 0.6) is 0 Å². The summed E-state index contributed by atoms with van der Waals surface area (Å²) < 4.78 is 0. The molecule has 3 unspecified atom stereocenters. The van der Waals surface area contributed by atoms with Gasteiger partial charge in [0.1, 0.15) is 0 Å². The first-order chi connectivity index (χ1) is 10.4. The largest absolute Gasteiger partial charge is 0.392 e. The Balaban J connectivity index is 2.16. The van der Waals surface area contributed by atoms with Crippen LogP contribution >= 0.6 is 0 Å². The Morgan fingerprint density at radius 1 is 1.36 bits per heavy atom. The Morgan fingerprint density at radius 3 is 2.68 bits per heavy atom. The molecule has 0 saturated carbocycles. The first kappa shape index (κ1) is 16.8. The van der Waals surface area contributed by atoms with Crippen LogP contribution in [0.4, 0.5) is 4.79 Å². The van der Waals surface area contributed by atoms with E-state index in [1.54, 1.807) is 11.8 Å². The molecule has 2 rings (SSSR count). The number of carbonyl (C=O) groups is 1. The number of nitrogens with zero attached hydrogens (tertiary/aromatic N) is 1. The van der Waals surface area contributed by atoms with Crippen molar-refractivity contribution in [2.45, 2.75) is 58.7 Å². The lowest BCUT2D eigenvalue weighted by molar-refractivity contribution is 0.115. The van der Waals surface area contributed by atoms with Crippen LogP contribution in [-0.4, -0.2) is 34.7 Å². The fourth-order valence-electron chi connectivity index (χ4n) is 3.17. The fourth-order valence-corrected chi connectivity index (χ4v) is 3.17. The fraction of sp³-hybridized carbons (Fsp3) is 0.611. The molecule has 0 aromatic heterocycles. The van der Waals surface area contributed by atoms with Gasteiger partial charge < -0.3 is 15.3 Å². The van der Waals surface area contributed by atoms with Crippen LogP contribution in [0.25, 0.3) is 0 Å². The lowest BCUT2D eigenvalue weighted by atomic mass is 9.81. The molecule has 0 radical (unpaired) electrons. The van der Waals surface area contributed by atoms with E-state index in [9.17, 15) is 9.90 Å². The smallest absolute Gasteiger partial charge is 0.318 e. The number of aliphatic hydroxyl groups excluding tert-OH is 1. The minimum Gasteiger partial charge on any atom is -0.392 e. The third-order valence-electron chi connectivity index (χ3n) is 4.45. The highest BCUT2D eigenvalue weighted by Crippen LogP contribution is 2.34. The van der Waals surface area contributed by atoms with Crippen LogP contribution in [0.1, 0.15) is 51.3 Å². The molecular weight excluding hydrogens is 276 g/mol. The van der Waals surface area contributed by atoms with Gasteiger partial charge in [0.2, 0.25) is 0 Å². The number of benzene rings is 1. The van der Waals surface area contributed by atoms with Gasteiger partial charge in [-0.05, 0) is 50.7 Å². The number of aliphatic hydroxyl groups is 1. The van der Waals surface area contributed by atoms with Gasteiger partial charge in [-0.3, -0.25) is 0 Å². The second-order valence-corrected chi connectivity index (χ2v) is 6.74. The number of aryl methyl sites for hydroxylation is 1. The van der Waals surface area contributed by atoms with Crippen LogP contribution in [0.2, 0.25) is 0 Å². The zero-order valence-electron chi connectivity index (χ0n) is 14.0. The number of carbonyl (C=O) groups excluding carboxylic acids is 1. The van der Waals surface area contributed by atoms with E-state index in [-0.39, 0.29) is 18.1 Å². The third kappa shape index (κ3) is 3.80. The quantitative estimate of drug-likeness (QED) is 0.898. The first-order valence-corrected chi connectivity index (χ1v) is 8.23. The zero-order valence-corrected chi connectivity index (χ0v) is 14.0. The number of hydrogen-bond donors (Lipinski definition) is 2. The van der Waals surface area contributed by atoms with Gasteiger partial charge in [-0.25, -0.2) is 4.79 Å². The van der Waals surface area contributed by atoms with Crippen molar-refractivity contribution in [2.75, 3.05) is 6.54 Å². The molecule has 1 aromatic carbocycles. The molecule has 22 heavy (non-hydrogen) atoms. The van der Waals surface area contributed by atoms with Crippen LogP contribution in [0.15, 0.2) is 24.3 Å². The summed E-state index contributed by atoms with van der Waals surface area (Å²) >= 11 is 0. The molecule has 4 heteroatoms. The summed E-state index contributed by atoms with van der Waals surface area (Å²) in [5.41, 5.74) is 2.56. The van der Waals surface area contributed by atoms with Crippen molar-refractivity contribution < 1.29 is 9.90 Å². The van der Waals surface area contributed by atoms with Crippen LogP contribution < -0.4 is 5.32 Å². The number of urea groups is 1. The van der Waals surface area contributed by atoms with Crippen molar-refractivity contribution in [3.05, 3.63) is 35.4 Å². The minimum atomic E-state index is -0.524. The Bertz CT molecular complexity index is 514. The van der Waals surface area contributed by atoms with Crippen LogP contribution in [0, 0.1) is 5.92 Å². The standard InChI is InChI=1S/C18H28N2O2/c1-12(2)20(11-14(4)21)18(22)19-17-13(3)9-10-15-7-5-6-8-16(15)17/h5-8,12-14,17,21H,9-11H2,1-4H3,(H,19,22). The molecule has 0 fully saturated rings. The highest BCUT2D eigenvalue weighted by atomic mass is 16.3. The molecule has 1 aliphatic rings. The molecule has 0 aliphatic heterocycles. The zero-order chi connectivity index (χ0) is 16.3. The van der Waals surface area contributed by atoms with Gasteiger partial charge in [0.25, 0.3) is 0 Å². The predicted molar refractivity (Wildman–Crippen MR) is 88.7 cm³/mol. The monoisotopic (exact) mass is 304 g/mol. The van der Waals surface area contributed by atoms with Crippen LogP contribution in [-0.2, 0) is 6.42 Å². The van der Waals surface area contributed by atoms with Gasteiger partial charge in [0.15, 0.2) is 0 Å². The molecule has 1 aromatic rings. The van der Waals surface area contributed by atoms with Crippen molar-refractivity contribution in [1.29, 1.82) is 0 Å². The number of hydrogen-bond acceptors (Lipinski definition) is 2. The molecule has 0 heterocycles. The SMILES string of the molecule is CC(O)CN(C(=O)NC1c2ccccc2CCC1C)C(C)C. The first-order valence-electron chi connectivity index (χ1n) is 8.23. The average molecular weight is 304 g/mol. The second-order valence-electron chi connectivity index (χ2n) is 6.74. The van der Waals surface area contributed by atoms with E-state index < -0.39 is 6.10 Å². The second kappa shape index (κ2) is 7.14. The summed E-state index contributed by atoms with van der Waals surface area (Å²) in [6.45, 7) is 8.20. The molecule has 0 spiro atoms. The highest BCUT2D eigenvalue weighted by molar-refractivity contribution is 5.75.